The summed E-state index contributed by atoms with van der Waals surface area (Å²) in [6, 6.07) is 3.13. The van der Waals surface area contributed by atoms with Crippen LogP contribution in [0.5, 0.6) is 5.75 Å². The molecule has 0 spiro atoms. The molecule has 13 heavy (non-hydrogen) atoms. The number of benzene rings is 1. The normalized spacial score (nSPS) is 10.1. The van der Waals surface area contributed by atoms with E-state index in [1.165, 1.54) is 0 Å². The highest BCUT2D eigenvalue weighted by Gasteiger charge is 2.00. The topological polar surface area (TPSA) is 9.23 Å². The van der Waals surface area contributed by atoms with Crippen molar-refractivity contribution in [2.45, 2.75) is 12.8 Å². The number of hydrogen-bond acceptors (Lipinski definition) is 1. The van der Waals surface area contributed by atoms with Gasteiger partial charge in [0.25, 0.3) is 0 Å². The van der Waals surface area contributed by atoms with Gasteiger partial charge in [0.2, 0.25) is 0 Å². The van der Waals surface area contributed by atoms with E-state index in [0.717, 1.165) is 31.0 Å². The molecule has 0 saturated carbocycles. The highest BCUT2D eigenvalue weighted by Crippen LogP contribution is 2.15. The summed E-state index contributed by atoms with van der Waals surface area (Å²) in [6.07, 6.45) is 1.52. The molecule has 1 radical (unpaired) electrons. The van der Waals surface area contributed by atoms with Crippen molar-refractivity contribution in [3.05, 3.63) is 36.8 Å². The van der Waals surface area contributed by atoms with Crippen molar-refractivity contribution >= 4 is 0 Å². The number of rotatable bonds is 4. The van der Waals surface area contributed by atoms with E-state index >= 15 is 0 Å². The molecule has 1 aromatic rings. The smallest absolute Gasteiger partial charge is 0.129 e. The third kappa shape index (κ3) is 3.40. The highest BCUT2D eigenvalue weighted by molar-refractivity contribution is 5.23. The SMILES string of the molecule is [CH2]CCCOc1cc(F)cc(F)c1. The zero-order valence-corrected chi connectivity index (χ0v) is 7.22. The molecular formula is C10H11F2O. The average Bonchev–Trinajstić information content (AvgIpc) is 2.03. The lowest BCUT2D eigenvalue weighted by Gasteiger charge is -2.04. The second kappa shape index (κ2) is 4.80. The minimum absolute atomic E-state index is 0.228. The molecule has 0 unspecified atom stereocenters. The maximum Gasteiger partial charge on any atom is 0.129 e. The maximum absolute atomic E-state index is 12.6. The fraction of sp³-hybridized carbons (Fsp3) is 0.300. The molecule has 1 nitrogen and oxygen atoms in total. The van der Waals surface area contributed by atoms with Crippen molar-refractivity contribution < 1.29 is 13.5 Å². The lowest BCUT2D eigenvalue weighted by Crippen LogP contribution is -1.97. The molecule has 0 heterocycles. The number of unbranched alkanes of at least 4 members (excludes halogenated alkanes) is 1. The van der Waals surface area contributed by atoms with Gasteiger partial charge in [0.1, 0.15) is 17.4 Å². The van der Waals surface area contributed by atoms with Crippen LogP contribution in [0, 0.1) is 18.6 Å². The van der Waals surface area contributed by atoms with Crippen molar-refractivity contribution in [2.24, 2.45) is 0 Å². The Labute approximate surface area is 76.3 Å². The van der Waals surface area contributed by atoms with E-state index < -0.39 is 11.6 Å². The van der Waals surface area contributed by atoms with E-state index in [2.05, 4.69) is 6.92 Å². The van der Waals surface area contributed by atoms with E-state index in [0.29, 0.717) is 6.61 Å². The van der Waals surface area contributed by atoms with Gasteiger partial charge in [0.15, 0.2) is 0 Å². The molecule has 0 N–H and O–H groups in total. The minimum atomic E-state index is -0.621. The van der Waals surface area contributed by atoms with Crippen molar-refractivity contribution in [3.8, 4) is 5.75 Å². The lowest BCUT2D eigenvalue weighted by atomic mass is 10.3. The van der Waals surface area contributed by atoms with Crippen LogP contribution in [0.15, 0.2) is 18.2 Å². The number of ether oxygens (including phenoxy) is 1. The van der Waals surface area contributed by atoms with Gasteiger partial charge in [-0.1, -0.05) is 13.3 Å². The molecule has 0 aromatic heterocycles. The number of hydrogen-bond donors (Lipinski definition) is 0. The molecule has 3 heteroatoms. The van der Waals surface area contributed by atoms with Gasteiger partial charge in [-0.05, 0) is 6.42 Å². The lowest BCUT2D eigenvalue weighted by molar-refractivity contribution is 0.308. The van der Waals surface area contributed by atoms with Crippen LogP contribution in [-0.4, -0.2) is 6.61 Å². The van der Waals surface area contributed by atoms with E-state index in [-0.39, 0.29) is 5.75 Å². The maximum atomic E-state index is 12.6. The van der Waals surface area contributed by atoms with Crippen LogP contribution >= 0.6 is 0 Å². The van der Waals surface area contributed by atoms with Crippen LogP contribution in [0.25, 0.3) is 0 Å². The highest BCUT2D eigenvalue weighted by atomic mass is 19.1. The molecule has 0 aliphatic heterocycles. The van der Waals surface area contributed by atoms with Crippen molar-refractivity contribution in [2.75, 3.05) is 6.61 Å². The van der Waals surface area contributed by atoms with Gasteiger partial charge in [-0.3, -0.25) is 0 Å². The first-order valence-corrected chi connectivity index (χ1v) is 4.10. The largest absolute Gasteiger partial charge is 0.493 e. The molecule has 0 aliphatic rings. The molecule has 1 rings (SSSR count). The summed E-state index contributed by atoms with van der Waals surface area (Å²) in [5, 5.41) is 0. The van der Waals surface area contributed by atoms with Crippen LogP contribution in [0.4, 0.5) is 8.78 Å². The van der Waals surface area contributed by atoms with Gasteiger partial charge >= 0.3 is 0 Å². The average molecular weight is 185 g/mol. The summed E-state index contributed by atoms with van der Waals surface area (Å²) < 4.78 is 30.3. The fourth-order valence-electron chi connectivity index (χ4n) is 0.904. The second-order valence-electron chi connectivity index (χ2n) is 2.66. The van der Waals surface area contributed by atoms with Gasteiger partial charge in [-0.2, -0.15) is 0 Å². The summed E-state index contributed by atoms with van der Waals surface area (Å²) >= 11 is 0. The zero-order valence-electron chi connectivity index (χ0n) is 7.22. The van der Waals surface area contributed by atoms with Crippen molar-refractivity contribution in [3.63, 3.8) is 0 Å². The monoisotopic (exact) mass is 185 g/mol. The van der Waals surface area contributed by atoms with Gasteiger partial charge in [-0.15, -0.1) is 0 Å². The summed E-state index contributed by atoms with van der Waals surface area (Å²) in [5.41, 5.74) is 0. The van der Waals surface area contributed by atoms with Gasteiger partial charge in [0.05, 0.1) is 6.61 Å². The van der Waals surface area contributed by atoms with Gasteiger partial charge < -0.3 is 4.74 Å². The summed E-state index contributed by atoms with van der Waals surface area (Å²) in [5.74, 6) is -1.01. The molecule has 71 valence electrons. The van der Waals surface area contributed by atoms with E-state index in [4.69, 9.17) is 4.74 Å². The quantitative estimate of drug-likeness (QED) is 0.655. The van der Waals surface area contributed by atoms with E-state index in [1.807, 2.05) is 0 Å². The van der Waals surface area contributed by atoms with Gasteiger partial charge in [0, 0.05) is 18.2 Å². The Hall–Kier alpha value is -1.12. The molecular weight excluding hydrogens is 174 g/mol. The molecule has 0 atom stereocenters. The summed E-state index contributed by atoms with van der Waals surface area (Å²) in [6.45, 7) is 4.06. The molecule has 0 aliphatic carbocycles. The van der Waals surface area contributed by atoms with Crippen LogP contribution < -0.4 is 4.74 Å². The molecule has 0 fully saturated rings. The molecule has 0 saturated heterocycles. The molecule has 1 aromatic carbocycles. The predicted octanol–water partition coefficient (Wildman–Crippen LogP) is 2.96. The third-order valence-electron chi connectivity index (χ3n) is 1.50. The predicted molar refractivity (Wildman–Crippen MR) is 46.4 cm³/mol. The molecule has 0 bridgehead atoms. The molecule has 0 amide bonds. The minimum Gasteiger partial charge on any atom is -0.493 e. The summed E-state index contributed by atoms with van der Waals surface area (Å²) in [7, 11) is 0. The van der Waals surface area contributed by atoms with E-state index in [1.54, 1.807) is 0 Å². The zero-order chi connectivity index (χ0) is 9.68. The van der Waals surface area contributed by atoms with Crippen LogP contribution in [0.2, 0.25) is 0 Å². The Morgan fingerprint density at radius 1 is 1.15 bits per heavy atom. The van der Waals surface area contributed by atoms with Crippen molar-refractivity contribution in [1.29, 1.82) is 0 Å². The Morgan fingerprint density at radius 2 is 1.77 bits per heavy atom. The summed E-state index contributed by atoms with van der Waals surface area (Å²) in [4.78, 5) is 0. The fourth-order valence-corrected chi connectivity index (χ4v) is 0.904. The van der Waals surface area contributed by atoms with Crippen LogP contribution in [-0.2, 0) is 0 Å². The Bertz CT molecular complexity index is 253. The van der Waals surface area contributed by atoms with Crippen LogP contribution in [0.1, 0.15) is 12.8 Å². The number of halogens is 2. The Morgan fingerprint density at radius 3 is 2.31 bits per heavy atom. The second-order valence-corrected chi connectivity index (χ2v) is 2.66. The van der Waals surface area contributed by atoms with E-state index in [9.17, 15) is 8.78 Å². The Kier molecular flexibility index (Phi) is 3.68. The first kappa shape index (κ1) is 9.96. The standard InChI is InChI=1S/C10H11F2O/c1-2-3-4-13-10-6-8(11)5-9(12)7-10/h5-7H,1-4H2. The first-order chi connectivity index (χ1) is 6.22. The Balaban J connectivity index is 2.56. The van der Waals surface area contributed by atoms with Crippen LogP contribution in [0.3, 0.4) is 0 Å². The van der Waals surface area contributed by atoms with Crippen molar-refractivity contribution in [1.82, 2.24) is 0 Å². The third-order valence-corrected chi connectivity index (χ3v) is 1.50. The first-order valence-electron chi connectivity index (χ1n) is 4.10. The van der Waals surface area contributed by atoms with Gasteiger partial charge in [-0.25, -0.2) is 8.78 Å².